The van der Waals surface area contributed by atoms with Crippen LogP contribution in [0.5, 0.6) is 0 Å². The molecule has 0 aliphatic heterocycles. The lowest BCUT2D eigenvalue weighted by Crippen LogP contribution is -2.37. The lowest BCUT2D eigenvalue weighted by molar-refractivity contribution is 0.248. The number of H-pyrrole nitrogens is 1. The van der Waals surface area contributed by atoms with Gasteiger partial charge in [-0.1, -0.05) is 29.3 Å². The maximum Gasteiger partial charge on any atom is 0.253 e. The fourth-order valence-electron chi connectivity index (χ4n) is 2.84. The number of aromatic amines is 1. The molecule has 0 bridgehead atoms. The molecule has 0 atom stereocenters. The molecule has 0 unspecified atom stereocenters. The number of aryl methyl sites for hydroxylation is 1. The van der Waals surface area contributed by atoms with Gasteiger partial charge in [0.15, 0.2) is 5.11 Å². The number of aliphatic hydroxyl groups excluding tert-OH is 1. The summed E-state index contributed by atoms with van der Waals surface area (Å²) in [6.45, 7) is 2.51. The molecule has 1 heterocycles. The van der Waals surface area contributed by atoms with E-state index in [4.69, 9.17) is 23.8 Å². The second kappa shape index (κ2) is 8.52. The highest BCUT2D eigenvalue weighted by Gasteiger charge is 2.13. The topological polar surface area (TPSA) is 68.4 Å². The summed E-state index contributed by atoms with van der Waals surface area (Å²) in [6, 6.07) is 14.9. The van der Waals surface area contributed by atoms with E-state index in [1.54, 1.807) is 17.0 Å². The number of aromatic nitrogens is 1. The zero-order valence-electron chi connectivity index (χ0n) is 14.8. The number of rotatable bonds is 5. The summed E-state index contributed by atoms with van der Waals surface area (Å²) in [5.41, 5.74) is 3.07. The van der Waals surface area contributed by atoms with E-state index in [-0.39, 0.29) is 18.7 Å². The minimum atomic E-state index is -0.167. The van der Waals surface area contributed by atoms with Gasteiger partial charge in [0.2, 0.25) is 0 Å². The predicted molar refractivity (Wildman–Crippen MR) is 114 cm³/mol. The van der Waals surface area contributed by atoms with Crippen LogP contribution in [-0.2, 0) is 6.54 Å². The van der Waals surface area contributed by atoms with Gasteiger partial charge in [-0.05, 0) is 60.9 Å². The summed E-state index contributed by atoms with van der Waals surface area (Å²) < 4.78 is 0. The van der Waals surface area contributed by atoms with E-state index in [0.717, 1.165) is 22.2 Å². The average Bonchev–Trinajstić information content (AvgIpc) is 2.62. The first-order valence-corrected chi connectivity index (χ1v) is 9.30. The van der Waals surface area contributed by atoms with E-state index in [0.29, 0.717) is 22.2 Å². The molecule has 0 fully saturated rings. The summed E-state index contributed by atoms with van der Waals surface area (Å²) in [7, 11) is 0. The zero-order valence-corrected chi connectivity index (χ0v) is 16.4. The third-order valence-corrected chi connectivity index (χ3v) is 4.77. The number of nitrogens with zero attached hydrogens (tertiary/aromatic N) is 1. The van der Waals surface area contributed by atoms with Gasteiger partial charge in [0.05, 0.1) is 13.2 Å². The number of fused-ring (bicyclic) bond motifs is 1. The van der Waals surface area contributed by atoms with Crippen molar-refractivity contribution in [3.05, 3.63) is 75.0 Å². The number of anilines is 1. The molecule has 0 saturated heterocycles. The van der Waals surface area contributed by atoms with Crippen LogP contribution in [0.25, 0.3) is 10.9 Å². The van der Waals surface area contributed by atoms with Crippen molar-refractivity contribution in [1.82, 2.24) is 9.88 Å². The number of benzene rings is 2. The lowest BCUT2D eigenvalue weighted by Gasteiger charge is -2.25. The fourth-order valence-corrected chi connectivity index (χ4v) is 3.30. The average molecular weight is 402 g/mol. The van der Waals surface area contributed by atoms with Crippen molar-refractivity contribution in [2.75, 3.05) is 18.5 Å². The lowest BCUT2D eigenvalue weighted by atomic mass is 10.1. The molecule has 5 nitrogen and oxygen atoms in total. The maximum atomic E-state index is 12.5. The summed E-state index contributed by atoms with van der Waals surface area (Å²) >= 11 is 11.5. The Labute approximate surface area is 167 Å². The van der Waals surface area contributed by atoms with Gasteiger partial charge in [0.1, 0.15) is 0 Å². The van der Waals surface area contributed by atoms with Gasteiger partial charge in [0, 0.05) is 28.3 Å². The Bertz CT molecular complexity index is 1040. The van der Waals surface area contributed by atoms with Gasteiger partial charge in [-0.15, -0.1) is 0 Å². The van der Waals surface area contributed by atoms with Crippen molar-refractivity contribution in [1.29, 1.82) is 0 Å². The molecule has 3 N–H and O–H groups in total. The molecule has 0 aliphatic rings. The van der Waals surface area contributed by atoms with Crippen molar-refractivity contribution >= 4 is 45.5 Å². The molecule has 140 valence electrons. The monoisotopic (exact) mass is 401 g/mol. The van der Waals surface area contributed by atoms with Crippen molar-refractivity contribution in [3.8, 4) is 0 Å². The van der Waals surface area contributed by atoms with Gasteiger partial charge in [0.25, 0.3) is 5.56 Å². The molecule has 3 rings (SSSR count). The molecule has 27 heavy (non-hydrogen) atoms. The molecule has 2 aromatic carbocycles. The fraction of sp³-hybridized carbons (Fsp3) is 0.200. The third-order valence-electron chi connectivity index (χ3n) is 4.17. The summed E-state index contributed by atoms with van der Waals surface area (Å²) in [5, 5.41) is 14.5. The quantitative estimate of drug-likeness (QED) is 0.569. The Morgan fingerprint density at radius 2 is 2.07 bits per heavy atom. The standard InChI is InChI=1S/C20H20ClN3O2S/c1-13-5-6-18-14(9-13)10-15(19(26)23-18)12-24(7-8-25)20(27)22-17-4-2-3-16(21)11-17/h2-6,9-11,25H,7-8,12H2,1H3,(H,22,27)(H,23,26). The normalized spacial score (nSPS) is 10.8. The van der Waals surface area contributed by atoms with E-state index in [9.17, 15) is 9.90 Å². The second-order valence-electron chi connectivity index (χ2n) is 6.30. The Hall–Kier alpha value is -2.41. The highest BCUT2D eigenvalue weighted by atomic mass is 35.5. The minimum Gasteiger partial charge on any atom is -0.395 e. The number of pyridine rings is 1. The molecule has 0 amide bonds. The summed E-state index contributed by atoms with van der Waals surface area (Å²) in [6.07, 6.45) is 0. The van der Waals surface area contributed by atoms with Crippen LogP contribution < -0.4 is 10.9 Å². The van der Waals surface area contributed by atoms with Gasteiger partial charge in [-0.25, -0.2) is 0 Å². The van der Waals surface area contributed by atoms with Crippen LogP contribution in [-0.4, -0.2) is 33.3 Å². The first-order valence-electron chi connectivity index (χ1n) is 8.51. The molecule has 0 spiro atoms. The Morgan fingerprint density at radius 3 is 2.81 bits per heavy atom. The number of nitrogens with one attached hydrogen (secondary N) is 2. The highest BCUT2D eigenvalue weighted by Crippen LogP contribution is 2.17. The molecule has 0 radical (unpaired) electrons. The Kier molecular flexibility index (Phi) is 6.11. The number of halogens is 1. The van der Waals surface area contributed by atoms with Crippen LogP contribution in [0.2, 0.25) is 5.02 Å². The molecule has 0 saturated carbocycles. The number of hydrogen-bond acceptors (Lipinski definition) is 3. The van der Waals surface area contributed by atoms with Crippen LogP contribution in [0.3, 0.4) is 0 Å². The van der Waals surface area contributed by atoms with E-state index in [1.165, 1.54) is 0 Å². The van der Waals surface area contributed by atoms with Crippen LogP contribution in [0.1, 0.15) is 11.1 Å². The Morgan fingerprint density at radius 1 is 1.26 bits per heavy atom. The van der Waals surface area contributed by atoms with Crippen LogP contribution in [0.15, 0.2) is 53.3 Å². The minimum absolute atomic E-state index is 0.0814. The first kappa shape index (κ1) is 19.4. The second-order valence-corrected chi connectivity index (χ2v) is 7.12. The molecular formula is C20H20ClN3O2S. The number of hydrogen-bond donors (Lipinski definition) is 3. The smallest absolute Gasteiger partial charge is 0.253 e. The van der Waals surface area contributed by atoms with Gasteiger partial charge >= 0.3 is 0 Å². The van der Waals surface area contributed by atoms with Crippen molar-refractivity contribution in [2.45, 2.75) is 13.5 Å². The van der Waals surface area contributed by atoms with Crippen molar-refractivity contribution in [2.24, 2.45) is 0 Å². The third kappa shape index (κ3) is 4.86. The maximum absolute atomic E-state index is 12.5. The van der Waals surface area contributed by atoms with Gasteiger partial charge in [-0.2, -0.15) is 0 Å². The van der Waals surface area contributed by atoms with E-state index >= 15 is 0 Å². The largest absolute Gasteiger partial charge is 0.395 e. The van der Waals surface area contributed by atoms with Crippen LogP contribution in [0.4, 0.5) is 5.69 Å². The summed E-state index contributed by atoms with van der Waals surface area (Å²) in [5.74, 6) is 0. The predicted octanol–water partition coefficient (Wildman–Crippen LogP) is 3.68. The van der Waals surface area contributed by atoms with E-state index < -0.39 is 0 Å². The van der Waals surface area contributed by atoms with E-state index in [1.807, 2.05) is 43.3 Å². The number of aliphatic hydroxyl groups is 1. The Balaban J connectivity index is 1.85. The van der Waals surface area contributed by atoms with E-state index in [2.05, 4.69) is 10.3 Å². The molecule has 0 aliphatic carbocycles. The number of thiocarbonyl (C=S) groups is 1. The SMILES string of the molecule is Cc1ccc2[nH]c(=O)c(CN(CCO)C(=S)Nc3cccc(Cl)c3)cc2c1. The van der Waals surface area contributed by atoms with Crippen LogP contribution in [0, 0.1) is 6.92 Å². The molecule has 7 heteroatoms. The first-order chi connectivity index (χ1) is 13.0. The molecule has 1 aromatic heterocycles. The highest BCUT2D eigenvalue weighted by molar-refractivity contribution is 7.80. The molecular weight excluding hydrogens is 382 g/mol. The molecule has 3 aromatic rings. The van der Waals surface area contributed by atoms with Gasteiger partial charge in [-0.3, -0.25) is 4.79 Å². The van der Waals surface area contributed by atoms with Gasteiger partial charge < -0.3 is 20.3 Å². The van der Waals surface area contributed by atoms with Crippen LogP contribution >= 0.6 is 23.8 Å². The van der Waals surface area contributed by atoms with Crippen molar-refractivity contribution < 1.29 is 5.11 Å². The summed E-state index contributed by atoms with van der Waals surface area (Å²) in [4.78, 5) is 17.1. The van der Waals surface area contributed by atoms with Crippen molar-refractivity contribution in [3.63, 3.8) is 0 Å². The zero-order chi connectivity index (χ0) is 19.4.